The van der Waals surface area contributed by atoms with Crippen LogP contribution in [0.1, 0.15) is 18.5 Å². The van der Waals surface area contributed by atoms with Crippen LogP contribution in [0.4, 0.5) is 0 Å². The zero-order chi connectivity index (χ0) is 29.0. The molecule has 0 atom stereocenters. The van der Waals surface area contributed by atoms with Gasteiger partial charge in [0.15, 0.2) is 0 Å². The van der Waals surface area contributed by atoms with Gasteiger partial charge in [-0.05, 0) is 54.8 Å². The summed E-state index contributed by atoms with van der Waals surface area (Å²) in [5.74, 6) is 0. The summed E-state index contributed by atoms with van der Waals surface area (Å²) < 4.78 is 4.91. The van der Waals surface area contributed by atoms with Crippen LogP contribution < -0.4 is 0 Å². The molecule has 1 aliphatic rings. The van der Waals surface area contributed by atoms with Gasteiger partial charge >= 0.3 is 0 Å². The van der Waals surface area contributed by atoms with Gasteiger partial charge in [0.25, 0.3) is 0 Å². The quantitative estimate of drug-likeness (QED) is 0.209. The molecule has 1 aliphatic carbocycles. The maximum Gasteiger partial charge on any atom is 0.0788 e. The number of rotatable bonds is 4. The summed E-state index contributed by atoms with van der Waals surface area (Å²) in [5, 5.41) is 4.98. The van der Waals surface area contributed by atoms with Crippen LogP contribution in [0.2, 0.25) is 0 Å². The highest BCUT2D eigenvalue weighted by Gasteiger charge is 2.22. The van der Waals surface area contributed by atoms with Crippen LogP contribution in [0.5, 0.6) is 0 Å². The fourth-order valence-corrected chi connectivity index (χ4v) is 6.97. The molecule has 44 heavy (non-hydrogen) atoms. The summed E-state index contributed by atoms with van der Waals surface area (Å²) in [6.45, 7) is 0. The summed E-state index contributed by atoms with van der Waals surface area (Å²) in [6.07, 6.45) is 8.91. The Balaban J connectivity index is 1.47. The summed E-state index contributed by atoms with van der Waals surface area (Å²) in [7, 11) is 0. The van der Waals surface area contributed by atoms with Crippen LogP contribution in [0.15, 0.2) is 152 Å². The van der Waals surface area contributed by atoms with Crippen LogP contribution >= 0.6 is 0 Å². The first-order valence-electron chi connectivity index (χ1n) is 15.3. The van der Waals surface area contributed by atoms with Crippen molar-refractivity contribution in [2.45, 2.75) is 12.8 Å². The predicted molar refractivity (Wildman–Crippen MR) is 185 cm³/mol. The molecule has 8 aromatic rings. The lowest BCUT2D eigenvalue weighted by molar-refractivity contribution is 1.04. The zero-order valence-corrected chi connectivity index (χ0v) is 24.2. The number of hydrogen-bond donors (Lipinski definition) is 0. The highest BCUT2D eigenvalue weighted by atomic mass is 15.0. The van der Waals surface area contributed by atoms with Gasteiger partial charge < -0.3 is 9.13 Å². The van der Waals surface area contributed by atoms with Gasteiger partial charge in [0.2, 0.25) is 0 Å². The summed E-state index contributed by atoms with van der Waals surface area (Å²) >= 11 is 0. The Morgan fingerprint density at radius 2 is 1.05 bits per heavy atom. The lowest BCUT2D eigenvalue weighted by atomic mass is 10.0. The minimum atomic E-state index is 0.972. The van der Waals surface area contributed by atoms with E-state index in [2.05, 4.69) is 161 Å². The number of aromatic nitrogens is 3. The van der Waals surface area contributed by atoms with E-state index in [4.69, 9.17) is 4.98 Å². The van der Waals surface area contributed by atoms with E-state index in [0.29, 0.717) is 0 Å². The molecule has 3 heteroatoms. The van der Waals surface area contributed by atoms with Gasteiger partial charge in [0, 0.05) is 32.8 Å². The van der Waals surface area contributed by atoms with Crippen LogP contribution in [0.25, 0.3) is 71.8 Å². The number of para-hydroxylation sites is 3. The van der Waals surface area contributed by atoms with E-state index in [1.54, 1.807) is 0 Å². The molecule has 0 bridgehead atoms. The van der Waals surface area contributed by atoms with Gasteiger partial charge in [0.1, 0.15) is 0 Å². The third-order valence-electron chi connectivity index (χ3n) is 8.91. The standard InChI is InChI=1S/C41H29N3/c1-4-14-28(15-5-1)36-26-31(27-37(42-36)29-16-6-2-7-17-29)44-39-23-13-11-21-33(39)35-25-24-34-32-20-10-12-22-38(32)43(40(34)41(35)44)30-18-8-3-9-19-30/h1,3-6,8-27H,2,7H2. The highest BCUT2D eigenvalue weighted by molar-refractivity contribution is 6.23. The van der Waals surface area contributed by atoms with E-state index in [9.17, 15) is 0 Å². The van der Waals surface area contributed by atoms with Crippen LogP contribution in [0, 0.1) is 0 Å². The highest BCUT2D eigenvalue weighted by Crippen LogP contribution is 2.42. The number of allylic oxidation sites excluding steroid dienone is 4. The molecule has 3 heterocycles. The van der Waals surface area contributed by atoms with Crippen molar-refractivity contribution in [3.8, 4) is 22.6 Å². The van der Waals surface area contributed by atoms with E-state index >= 15 is 0 Å². The normalized spacial score (nSPS) is 13.3. The molecule has 0 spiro atoms. The molecule has 0 fully saturated rings. The molecule has 0 amide bonds. The Bertz CT molecular complexity index is 2420. The third kappa shape index (κ3) is 3.79. The summed E-state index contributed by atoms with van der Waals surface area (Å²) in [4.78, 5) is 5.22. The molecule has 3 aromatic heterocycles. The second kappa shape index (κ2) is 9.96. The van der Waals surface area contributed by atoms with E-state index in [-0.39, 0.29) is 0 Å². The first-order chi connectivity index (χ1) is 21.8. The first-order valence-corrected chi connectivity index (χ1v) is 15.3. The van der Waals surface area contributed by atoms with Gasteiger partial charge in [-0.15, -0.1) is 0 Å². The summed E-state index contributed by atoms with van der Waals surface area (Å²) in [5.41, 5.74) is 11.3. The topological polar surface area (TPSA) is 22.8 Å². The van der Waals surface area contributed by atoms with Crippen molar-refractivity contribution < 1.29 is 0 Å². The molecular weight excluding hydrogens is 534 g/mol. The number of pyridine rings is 1. The predicted octanol–water partition coefficient (Wildman–Crippen LogP) is 10.7. The lowest BCUT2D eigenvalue weighted by Crippen LogP contribution is -2.02. The van der Waals surface area contributed by atoms with Gasteiger partial charge in [-0.25, -0.2) is 4.98 Å². The number of hydrogen-bond acceptors (Lipinski definition) is 1. The first kappa shape index (κ1) is 24.9. The maximum atomic E-state index is 5.22. The minimum absolute atomic E-state index is 0.972. The number of fused-ring (bicyclic) bond motifs is 7. The Hall–Kier alpha value is -5.67. The van der Waals surface area contributed by atoms with Crippen molar-refractivity contribution in [2.24, 2.45) is 0 Å². The fraction of sp³-hybridized carbons (Fsp3) is 0.0488. The van der Waals surface area contributed by atoms with E-state index in [0.717, 1.165) is 41.2 Å². The van der Waals surface area contributed by atoms with Crippen molar-refractivity contribution in [2.75, 3.05) is 0 Å². The van der Waals surface area contributed by atoms with Crippen molar-refractivity contribution in [1.82, 2.24) is 14.1 Å². The number of benzene rings is 5. The van der Waals surface area contributed by atoms with Gasteiger partial charge in [-0.2, -0.15) is 0 Å². The maximum absolute atomic E-state index is 5.22. The molecule has 3 nitrogen and oxygen atoms in total. The zero-order valence-electron chi connectivity index (χ0n) is 24.2. The van der Waals surface area contributed by atoms with Crippen molar-refractivity contribution in [3.63, 3.8) is 0 Å². The molecule has 0 unspecified atom stereocenters. The molecule has 9 rings (SSSR count). The van der Waals surface area contributed by atoms with Crippen molar-refractivity contribution in [1.29, 1.82) is 0 Å². The summed E-state index contributed by atoms with van der Waals surface area (Å²) in [6, 6.07) is 48.0. The SMILES string of the molecule is C1=CC(c2cc(-n3c4ccccc4c4ccc5c6ccccc6n(-c6ccccc6)c5c43)cc(-c3ccccc3)n2)=CCC1. The van der Waals surface area contributed by atoms with E-state index in [1.165, 1.54) is 49.2 Å². The molecule has 208 valence electrons. The smallest absolute Gasteiger partial charge is 0.0788 e. The van der Waals surface area contributed by atoms with Gasteiger partial charge in [-0.3, -0.25) is 0 Å². The molecule has 0 saturated carbocycles. The van der Waals surface area contributed by atoms with Crippen molar-refractivity contribution >= 4 is 49.2 Å². The second-order valence-corrected chi connectivity index (χ2v) is 11.5. The van der Waals surface area contributed by atoms with Crippen molar-refractivity contribution in [3.05, 3.63) is 157 Å². The minimum Gasteiger partial charge on any atom is -0.307 e. The van der Waals surface area contributed by atoms with Gasteiger partial charge in [0.05, 0.1) is 39.1 Å². The van der Waals surface area contributed by atoms with Crippen LogP contribution in [-0.4, -0.2) is 14.1 Å². The van der Waals surface area contributed by atoms with Crippen LogP contribution in [-0.2, 0) is 0 Å². The third-order valence-corrected chi connectivity index (χ3v) is 8.91. The lowest BCUT2D eigenvalue weighted by Gasteiger charge is -2.16. The van der Waals surface area contributed by atoms with Crippen LogP contribution in [0.3, 0.4) is 0 Å². The largest absolute Gasteiger partial charge is 0.307 e. The second-order valence-electron chi connectivity index (χ2n) is 11.5. The molecule has 0 radical (unpaired) electrons. The molecular formula is C41H29N3. The Labute approximate surface area is 255 Å². The monoisotopic (exact) mass is 563 g/mol. The average molecular weight is 564 g/mol. The number of nitrogens with zero attached hydrogens (tertiary/aromatic N) is 3. The fourth-order valence-electron chi connectivity index (χ4n) is 6.97. The Morgan fingerprint density at radius 3 is 1.68 bits per heavy atom. The van der Waals surface area contributed by atoms with Gasteiger partial charge in [-0.1, -0.05) is 115 Å². The Kier molecular flexibility index (Phi) is 5.63. The van der Waals surface area contributed by atoms with E-state index in [1.807, 2.05) is 0 Å². The molecule has 5 aromatic carbocycles. The Morgan fingerprint density at radius 1 is 0.477 bits per heavy atom. The average Bonchev–Trinajstić information content (AvgIpc) is 3.62. The van der Waals surface area contributed by atoms with E-state index < -0.39 is 0 Å². The molecule has 0 N–H and O–H groups in total. The molecule has 0 saturated heterocycles. The molecule has 0 aliphatic heterocycles.